The van der Waals surface area contributed by atoms with Gasteiger partial charge in [0.2, 0.25) is 0 Å². The molecule has 1 saturated carbocycles. The van der Waals surface area contributed by atoms with Crippen LogP contribution in [0.3, 0.4) is 0 Å². The number of cyclic esters (lactones) is 1. The van der Waals surface area contributed by atoms with Crippen LogP contribution >= 0.6 is 0 Å². The van der Waals surface area contributed by atoms with Gasteiger partial charge in [0.05, 0.1) is 5.41 Å². The molecule has 0 bridgehead atoms. The quantitative estimate of drug-likeness (QED) is 0.779. The molecule has 4 heteroatoms. The van der Waals surface area contributed by atoms with E-state index in [-0.39, 0.29) is 17.5 Å². The van der Waals surface area contributed by atoms with Gasteiger partial charge in [-0.05, 0) is 48.9 Å². The number of allylic oxidation sites excluding steroid dienone is 1. The van der Waals surface area contributed by atoms with Crippen LogP contribution in [0.25, 0.3) is 6.08 Å². The van der Waals surface area contributed by atoms with E-state index in [1.807, 2.05) is 0 Å². The second-order valence-electron chi connectivity index (χ2n) is 8.47. The van der Waals surface area contributed by atoms with Crippen LogP contribution in [0.5, 0.6) is 0 Å². The summed E-state index contributed by atoms with van der Waals surface area (Å²) in [6, 6.07) is 6.89. The van der Waals surface area contributed by atoms with Gasteiger partial charge in [-0.25, -0.2) is 0 Å². The Bertz CT molecular complexity index is 730. The lowest BCUT2D eigenvalue weighted by molar-refractivity contribution is -0.152. The third-order valence-corrected chi connectivity index (χ3v) is 6.91. The number of nitrogens with zero attached hydrogens (tertiary/aromatic N) is 2. The van der Waals surface area contributed by atoms with Gasteiger partial charge in [0.15, 0.2) is 0 Å². The molecule has 0 amide bonds. The maximum absolute atomic E-state index is 12.1. The Morgan fingerprint density at radius 3 is 2.73 bits per heavy atom. The minimum absolute atomic E-state index is 0.0780. The monoisotopic (exact) mass is 352 g/mol. The molecule has 0 radical (unpaired) electrons. The van der Waals surface area contributed by atoms with Crippen molar-refractivity contribution in [3.8, 4) is 0 Å². The van der Waals surface area contributed by atoms with Crippen molar-refractivity contribution < 1.29 is 9.53 Å². The first-order valence-electron chi connectivity index (χ1n) is 10.2. The van der Waals surface area contributed by atoms with Gasteiger partial charge in [0, 0.05) is 44.8 Å². The summed E-state index contributed by atoms with van der Waals surface area (Å²) < 4.78 is 5.66. The van der Waals surface area contributed by atoms with Crippen molar-refractivity contribution in [1.29, 1.82) is 0 Å². The molecule has 1 atom stereocenters. The normalized spacial score (nSPS) is 26.8. The number of carbonyl (C=O) groups is 1. The maximum atomic E-state index is 12.1. The van der Waals surface area contributed by atoms with Crippen LogP contribution in [-0.4, -0.2) is 49.7 Å². The van der Waals surface area contributed by atoms with Crippen LogP contribution < -0.4 is 4.90 Å². The SMILES string of the molecule is O=C1OC(CCN2CCN(c3ccc4c(c3)C=CC4)CC2)CC12CCC2. The van der Waals surface area contributed by atoms with E-state index in [0.29, 0.717) is 0 Å². The first-order chi connectivity index (χ1) is 12.7. The fourth-order valence-corrected chi connectivity index (χ4v) is 5.00. The molecular formula is C22H28N2O2. The van der Waals surface area contributed by atoms with Crippen LogP contribution in [0, 0.1) is 5.41 Å². The molecule has 1 unspecified atom stereocenters. The molecule has 3 fully saturated rings. The van der Waals surface area contributed by atoms with Gasteiger partial charge in [-0.2, -0.15) is 0 Å². The number of anilines is 1. The summed E-state index contributed by atoms with van der Waals surface area (Å²) in [6.07, 6.45) is 11.0. The number of hydrogen-bond acceptors (Lipinski definition) is 4. The van der Waals surface area contributed by atoms with E-state index in [2.05, 4.69) is 40.2 Å². The topological polar surface area (TPSA) is 32.8 Å². The van der Waals surface area contributed by atoms with Gasteiger partial charge in [-0.1, -0.05) is 24.6 Å². The number of ether oxygens (including phenoxy) is 1. The highest BCUT2D eigenvalue weighted by molar-refractivity contribution is 5.80. The highest BCUT2D eigenvalue weighted by Crippen LogP contribution is 2.50. The van der Waals surface area contributed by atoms with E-state index < -0.39 is 0 Å². The molecule has 5 rings (SSSR count). The lowest BCUT2D eigenvalue weighted by atomic mass is 9.67. The summed E-state index contributed by atoms with van der Waals surface area (Å²) in [4.78, 5) is 17.1. The molecule has 4 nitrogen and oxygen atoms in total. The average Bonchev–Trinajstić information content (AvgIpc) is 3.23. The number of esters is 1. The number of fused-ring (bicyclic) bond motifs is 1. The maximum Gasteiger partial charge on any atom is 0.312 e. The second-order valence-corrected chi connectivity index (χ2v) is 8.47. The minimum Gasteiger partial charge on any atom is -0.462 e. The molecule has 2 aliphatic carbocycles. The van der Waals surface area contributed by atoms with Crippen molar-refractivity contribution in [1.82, 2.24) is 4.90 Å². The molecule has 1 aromatic rings. The largest absolute Gasteiger partial charge is 0.462 e. The Hall–Kier alpha value is -1.81. The van der Waals surface area contributed by atoms with Crippen LogP contribution in [0.4, 0.5) is 5.69 Å². The van der Waals surface area contributed by atoms with Crippen molar-refractivity contribution in [3.63, 3.8) is 0 Å². The average molecular weight is 352 g/mol. The van der Waals surface area contributed by atoms with Crippen LogP contribution in [0.15, 0.2) is 24.3 Å². The van der Waals surface area contributed by atoms with E-state index >= 15 is 0 Å². The predicted molar refractivity (Wildman–Crippen MR) is 103 cm³/mol. The van der Waals surface area contributed by atoms with E-state index in [0.717, 1.165) is 64.8 Å². The summed E-state index contributed by atoms with van der Waals surface area (Å²) in [5, 5.41) is 0. The molecular weight excluding hydrogens is 324 g/mol. The molecule has 2 aliphatic heterocycles. The number of rotatable bonds is 4. The Balaban J connectivity index is 1.11. The van der Waals surface area contributed by atoms with Crippen molar-refractivity contribution in [2.45, 2.75) is 44.6 Å². The number of hydrogen-bond donors (Lipinski definition) is 0. The van der Waals surface area contributed by atoms with E-state index in [1.165, 1.54) is 23.2 Å². The van der Waals surface area contributed by atoms with E-state index in [4.69, 9.17) is 4.74 Å². The van der Waals surface area contributed by atoms with Crippen LogP contribution in [-0.2, 0) is 16.0 Å². The fourth-order valence-electron chi connectivity index (χ4n) is 5.00. The van der Waals surface area contributed by atoms with Gasteiger partial charge in [-0.15, -0.1) is 0 Å². The Labute approximate surface area is 155 Å². The lowest BCUT2D eigenvalue weighted by Gasteiger charge is -2.36. The van der Waals surface area contributed by atoms with Gasteiger partial charge in [0.25, 0.3) is 0 Å². The van der Waals surface area contributed by atoms with Crippen molar-refractivity contribution in [3.05, 3.63) is 35.4 Å². The van der Waals surface area contributed by atoms with Gasteiger partial charge >= 0.3 is 5.97 Å². The zero-order valence-electron chi connectivity index (χ0n) is 15.5. The summed E-state index contributed by atoms with van der Waals surface area (Å²) in [5.41, 5.74) is 4.11. The summed E-state index contributed by atoms with van der Waals surface area (Å²) in [7, 11) is 0. The third-order valence-electron chi connectivity index (χ3n) is 6.91. The van der Waals surface area contributed by atoms with Crippen molar-refractivity contribution in [2.24, 2.45) is 5.41 Å². The second kappa shape index (κ2) is 6.41. The minimum atomic E-state index is -0.0780. The third kappa shape index (κ3) is 2.84. The first kappa shape index (κ1) is 16.4. The Morgan fingerprint density at radius 2 is 2.00 bits per heavy atom. The van der Waals surface area contributed by atoms with Gasteiger partial charge in [0.1, 0.15) is 6.10 Å². The molecule has 4 aliphatic rings. The standard InChI is InChI=1S/C22H28N2O2/c25-21-22(8-2-9-22)16-20(26-21)7-10-23-11-13-24(14-12-23)19-6-5-17-3-1-4-18(17)15-19/h1,4-6,15,20H,2-3,7-14,16H2. The number of carbonyl (C=O) groups excluding carboxylic acids is 1. The van der Waals surface area contributed by atoms with E-state index in [9.17, 15) is 4.79 Å². The highest BCUT2D eigenvalue weighted by Gasteiger charge is 2.52. The molecule has 138 valence electrons. The molecule has 0 aromatic heterocycles. The first-order valence-corrected chi connectivity index (χ1v) is 10.2. The van der Waals surface area contributed by atoms with Crippen molar-refractivity contribution >= 4 is 17.7 Å². The number of benzene rings is 1. The Kier molecular flexibility index (Phi) is 4.04. The van der Waals surface area contributed by atoms with Crippen LogP contribution in [0.2, 0.25) is 0 Å². The summed E-state index contributed by atoms with van der Waals surface area (Å²) in [5.74, 6) is 0.0872. The lowest BCUT2D eigenvalue weighted by Crippen LogP contribution is -2.47. The Morgan fingerprint density at radius 1 is 1.15 bits per heavy atom. The molecule has 0 N–H and O–H groups in total. The molecule has 26 heavy (non-hydrogen) atoms. The molecule has 2 heterocycles. The van der Waals surface area contributed by atoms with E-state index in [1.54, 1.807) is 0 Å². The zero-order valence-corrected chi connectivity index (χ0v) is 15.5. The van der Waals surface area contributed by atoms with Gasteiger partial charge in [-0.3, -0.25) is 9.69 Å². The highest BCUT2D eigenvalue weighted by atomic mass is 16.6. The number of piperazine rings is 1. The summed E-state index contributed by atoms with van der Waals surface area (Å²) >= 11 is 0. The smallest absolute Gasteiger partial charge is 0.312 e. The molecule has 1 aromatic carbocycles. The fraction of sp³-hybridized carbons (Fsp3) is 0.591. The molecule has 1 spiro atoms. The van der Waals surface area contributed by atoms with Gasteiger partial charge < -0.3 is 9.64 Å². The predicted octanol–water partition coefficient (Wildman–Crippen LogP) is 3.25. The summed E-state index contributed by atoms with van der Waals surface area (Å²) in [6.45, 7) is 5.40. The van der Waals surface area contributed by atoms with Crippen LogP contribution in [0.1, 0.15) is 43.2 Å². The van der Waals surface area contributed by atoms with Crippen molar-refractivity contribution in [2.75, 3.05) is 37.6 Å². The molecule has 2 saturated heterocycles. The zero-order chi connectivity index (χ0) is 17.6.